The van der Waals surface area contributed by atoms with Gasteiger partial charge >= 0.3 is 0 Å². The summed E-state index contributed by atoms with van der Waals surface area (Å²) in [5.74, 6) is 0. The van der Waals surface area contributed by atoms with E-state index >= 15 is 0 Å². The second-order valence-corrected chi connectivity index (χ2v) is 8.78. The molecule has 39 heavy (non-hydrogen) atoms. The molecular formula is C29H46N2O8. The van der Waals surface area contributed by atoms with E-state index in [4.69, 9.17) is 33.2 Å². The van der Waals surface area contributed by atoms with Gasteiger partial charge in [0.15, 0.2) is 0 Å². The molecule has 0 bridgehead atoms. The van der Waals surface area contributed by atoms with Crippen molar-refractivity contribution in [2.24, 2.45) is 0 Å². The summed E-state index contributed by atoms with van der Waals surface area (Å²) in [6.07, 6.45) is 2.78. The summed E-state index contributed by atoms with van der Waals surface area (Å²) in [5, 5.41) is 3.42. The molecule has 0 radical (unpaired) electrons. The molecule has 0 unspecified atom stereocenters. The molecule has 2 aromatic rings. The van der Waals surface area contributed by atoms with Crippen LogP contribution in [0.25, 0.3) is 5.69 Å². The van der Waals surface area contributed by atoms with Crippen molar-refractivity contribution < 1.29 is 33.2 Å². The zero-order chi connectivity index (χ0) is 27.8. The minimum Gasteiger partial charge on any atom is -0.382 e. The van der Waals surface area contributed by atoms with Crippen molar-refractivity contribution >= 4 is 0 Å². The number of hydrogen-bond acceptors (Lipinski definition) is 9. The maximum Gasteiger partial charge on any atom is 0.255 e. The summed E-state index contributed by atoms with van der Waals surface area (Å²) in [4.78, 5) is 12.1. The quantitative estimate of drug-likeness (QED) is 0.187. The number of pyridine rings is 1. The molecule has 0 atom stereocenters. The molecule has 0 aliphatic carbocycles. The number of rotatable bonds is 25. The van der Waals surface area contributed by atoms with Gasteiger partial charge in [0.25, 0.3) is 5.56 Å². The monoisotopic (exact) mass is 550 g/mol. The maximum absolute atomic E-state index is 12.1. The van der Waals surface area contributed by atoms with Crippen molar-refractivity contribution in [2.45, 2.75) is 19.9 Å². The Bertz CT molecular complexity index is 907. The highest BCUT2D eigenvalue weighted by molar-refractivity contribution is 5.35. The lowest BCUT2D eigenvalue weighted by molar-refractivity contribution is -0.0191. The molecule has 1 N–H and O–H groups in total. The summed E-state index contributed by atoms with van der Waals surface area (Å²) in [5.41, 5.74) is 3.07. The van der Waals surface area contributed by atoms with Crippen molar-refractivity contribution in [3.63, 3.8) is 0 Å². The van der Waals surface area contributed by atoms with Crippen molar-refractivity contribution in [3.05, 3.63) is 64.1 Å². The van der Waals surface area contributed by atoms with Crippen LogP contribution in [0, 0.1) is 6.92 Å². The molecule has 0 fully saturated rings. The summed E-state index contributed by atoms with van der Waals surface area (Å²) >= 11 is 0. The van der Waals surface area contributed by atoms with Crippen molar-refractivity contribution in [1.29, 1.82) is 0 Å². The molecule has 1 heterocycles. The van der Waals surface area contributed by atoms with Crippen LogP contribution in [0.1, 0.15) is 17.5 Å². The summed E-state index contributed by atoms with van der Waals surface area (Å²) in [6.45, 7) is 10.9. The first-order valence-electron chi connectivity index (χ1n) is 13.7. The molecule has 0 saturated heterocycles. The summed E-state index contributed by atoms with van der Waals surface area (Å²) in [7, 11) is 1.65. The van der Waals surface area contributed by atoms with Crippen molar-refractivity contribution in [3.8, 4) is 5.69 Å². The van der Waals surface area contributed by atoms with Gasteiger partial charge in [-0.05, 0) is 43.1 Å². The molecule has 0 saturated carbocycles. The third kappa shape index (κ3) is 16.5. The average molecular weight is 551 g/mol. The molecule has 10 heteroatoms. The third-order valence-corrected chi connectivity index (χ3v) is 5.54. The highest BCUT2D eigenvalue weighted by Gasteiger charge is 2.01. The average Bonchev–Trinajstić information content (AvgIpc) is 2.95. The SMILES string of the molecule is COCCOCCOCCOCCOCCOCCOCCCNCc1ccc(-n2cc(C)ccc2=O)cc1. The van der Waals surface area contributed by atoms with Gasteiger partial charge in [0.05, 0.1) is 79.3 Å². The van der Waals surface area contributed by atoms with Gasteiger partial charge in [-0.2, -0.15) is 0 Å². The van der Waals surface area contributed by atoms with E-state index in [1.807, 2.05) is 43.5 Å². The zero-order valence-electron chi connectivity index (χ0n) is 23.6. The highest BCUT2D eigenvalue weighted by Crippen LogP contribution is 2.09. The fourth-order valence-electron chi connectivity index (χ4n) is 3.45. The smallest absolute Gasteiger partial charge is 0.255 e. The Morgan fingerprint density at radius 3 is 1.64 bits per heavy atom. The first kappa shape index (κ1) is 33.1. The normalized spacial score (nSPS) is 11.3. The Hall–Kier alpha value is -2.15. The van der Waals surface area contributed by atoms with Crippen LogP contribution in [0.15, 0.2) is 47.4 Å². The lowest BCUT2D eigenvalue weighted by Gasteiger charge is -2.09. The van der Waals surface area contributed by atoms with Gasteiger partial charge < -0.3 is 38.5 Å². The highest BCUT2D eigenvalue weighted by atomic mass is 16.6. The second kappa shape index (κ2) is 22.6. The number of aromatic nitrogens is 1. The van der Waals surface area contributed by atoms with Gasteiger partial charge in [0, 0.05) is 38.2 Å². The minimum atomic E-state index is -0.0268. The number of nitrogens with zero attached hydrogens (tertiary/aromatic N) is 1. The standard InChI is InChI=1S/C29H46N2O8/c1-26-4-9-29(32)31(25-26)28-7-5-27(6-8-28)24-30-10-3-11-34-14-15-36-18-19-38-22-23-39-21-20-37-17-16-35-13-12-33-2/h4-9,25,30H,3,10-24H2,1-2H3. The lowest BCUT2D eigenvalue weighted by atomic mass is 10.2. The maximum atomic E-state index is 12.1. The van der Waals surface area contributed by atoms with Crippen LogP contribution in [0.5, 0.6) is 0 Å². The van der Waals surface area contributed by atoms with E-state index in [1.165, 1.54) is 5.56 Å². The molecule has 220 valence electrons. The number of benzene rings is 1. The van der Waals surface area contributed by atoms with E-state index in [-0.39, 0.29) is 5.56 Å². The third-order valence-electron chi connectivity index (χ3n) is 5.54. The number of hydrogen-bond donors (Lipinski definition) is 1. The molecule has 0 spiro atoms. The number of aryl methyl sites for hydroxylation is 1. The van der Waals surface area contributed by atoms with Crippen LogP contribution < -0.4 is 10.9 Å². The first-order chi connectivity index (χ1) is 19.2. The Kier molecular flexibility index (Phi) is 19.2. The lowest BCUT2D eigenvalue weighted by Crippen LogP contribution is -2.18. The molecular weight excluding hydrogens is 504 g/mol. The van der Waals surface area contributed by atoms with Crippen LogP contribution in [0.2, 0.25) is 0 Å². The fourth-order valence-corrected chi connectivity index (χ4v) is 3.45. The minimum absolute atomic E-state index is 0.0268. The molecule has 0 amide bonds. The van der Waals surface area contributed by atoms with Crippen molar-refractivity contribution in [2.75, 3.05) is 99.5 Å². The van der Waals surface area contributed by atoms with Crippen LogP contribution in [-0.2, 0) is 39.7 Å². The van der Waals surface area contributed by atoms with Crippen LogP contribution >= 0.6 is 0 Å². The Balaban J connectivity index is 1.31. The van der Waals surface area contributed by atoms with Gasteiger partial charge in [0.1, 0.15) is 0 Å². The number of methoxy groups -OCH3 is 1. The predicted molar refractivity (Wildman–Crippen MR) is 150 cm³/mol. The molecule has 1 aromatic carbocycles. The number of ether oxygens (including phenoxy) is 7. The Morgan fingerprint density at radius 1 is 0.641 bits per heavy atom. The molecule has 0 aliphatic heterocycles. The van der Waals surface area contributed by atoms with E-state index in [9.17, 15) is 4.79 Å². The van der Waals surface area contributed by atoms with Crippen LogP contribution in [-0.4, -0.2) is 104 Å². The van der Waals surface area contributed by atoms with Gasteiger partial charge in [0.2, 0.25) is 0 Å². The molecule has 10 nitrogen and oxygen atoms in total. The van der Waals surface area contributed by atoms with Gasteiger partial charge in [-0.1, -0.05) is 18.2 Å². The van der Waals surface area contributed by atoms with E-state index in [0.717, 1.165) is 30.8 Å². The van der Waals surface area contributed by atoms with E-state index in [2.05, 4.69) is 5.32 Å². The number of nitrogens with one attached hydrogen (secondary N) is 1. The predicted octanol–water partition coefficient (Wildman–Crippen LogP) is 2.37. The topological polar surface area (TPSA) is 98.6 Å². The summed E-state index contributed by atoms with van der Waals surface area (Å²) in [6, 6.07) is 11.5. The molecule has 1 aromatic heterocycles. The van der Waals surface area contributed by atoms with E-state index < -0.39 is 0 Å². The van der Waals surface area contributed by atoms with Crippen LogP contribution in [0.4, 0.5) is 0 Å². The first-order valence-corrected chi connectivity index (χ1v) is 13.7. The second-order valence-electron chi connectivity index (χ2n) is 8.78. The van der Waals surface area contributed by atoms with Gasteiger partial charge in [-0.3, -0.25) is 9.36 Å². The largest absolute Gasteiger partial charge is 0.382 e. The van der Waals surface area contributed by atoms with Crippen LogP contribution in [0.3, 0.4) is 0 Å². The van der Waals surface area contributed by atoms with Gasteiger partial charge in [-0.25, -0.2) is 0 Å². The summed E-state index contributed by atoms with van der Waals surface area (Å²) < 4.78 is 39.3. The molecule has 2 rings (SSSR count). The fraction of sp³-hybridized carbons (Fsp3) is 0.621. The Morgan fingerprint density at radius 2 is 1.13 bits per heavy atom. The van der Waals surface area contributed by atoms with E-state index in [1.54, 1.807) is 17.7 Å². The van der Waals surface area contributed by atoms with Gasteiger partial charge in [-0.15, -0.1) is 0 Å². The Labute approximate surface area is 232 Å². The van der Waals surface area contributed by atoms with E-state index in [0.29, 0.717) is 85.9 Å². The van der Waals surface area contributed by atoms with Crippen molar-refractivity contribution in [1.82, 2.24) is 9.88 Å². The zero-order valence-corrected chi connectivity index (χ0v) is 23.6. The molecule has 0 aliphatic rings.